The van der Waals surface area contributed by atoms with E-state index in [0.717, 1.165) is 25.9 Å². The second kappa shape index (κ2) is 6.03. The minimum atomic E-state index is -0.516. The molecule has 0 aromatic heterocycles. The fraction of sp³-hybridized carbons (Fsp3) is 0.467. The number of likely N-dealkylation sites (N-methyl/N-ethyl adjacent to an activating group) is 1. The summed E-state index contributed by atoms with van der Waals surface area (Å²) < 4.78 is 13.9. The summed E-state index contributed by atoms with van der Waals surface area (Å²) >= 11 is 0. The number of carbonyl (C=O) groups excluding carboxylic acids is 2. The van der Waals surface area contributed by atoms with Crippen LogP contribution in [-0.2, 0) is 4.79 Å². The lowest BCUT2D eigenvalue weighted by molar-refractivity contribution is -0.130. The van der Waals surface area contributed by atoms with Crippen LogP contribution in [0, 0.1) is 12.7 Å². The summed E-state index contributed by atoms with van der Waals surface area (Å²) in [6, 6.07) is 4.70. The largest absolute Gasteiger partial charge is 0.341 e. The van der Waals surface area contributed by atoms with E-state index in [1.807, 2.05) is 0 Å². The number of nitrogens with zero attached hydrogens (tertiary/aromatic N) is 2. The molecule has 2 amide bonds. The van der Waals surface area contributed by atoms with Gasteiger partial charge < -0.3 is 9.80 Å². The van der Waals surface area contributed by atoms with Gasteiger partial charge in [-0.3, -0.25) is 9.59 Å². The van der Waals surface area contributed by atoms with Gasteiger partial charge in [0.15, 0.2) is 0 Å². The van der Waals surface area contributed by atoms with Gasteiger partial charge in [-0.05, 0) is 31.4 Å². The van der Waals surface area contributed by atoms with Crippen molar-refractivity contribution < 1.29 is 14.0 Å². The van der Waals surface area contributed by atoms with E-state index < -0.39 is 11.7 Å². The number of halogens is 1. The summed E-state index contributed by atoms with van der Waals surface area (Å²) in [4.78, 5) is 27.2. The van der Waals surface area contributed by atoms with Crippen LogP contribution in [0.4, 0.5) is 4.39 Å². The van der Waals surface area contributed by atoms with E-state index in [4.69, 9.17) is 0 Å². The second-order valence-corrected chi connectivity index (χ2v) is 5.19. The van der Waals surface area contributed by atoms with Crippen molar-refractivity contribution in [2.24, 2.45) is 0 Å². The summed E-state index contributed by atoms with van der Waals surface area (Å²) in [6.45, 7) is 3.10. The van der Waals surface area contributed by atoms with Crippen LogP contribution in [0.3, 0.4) is 0 Å². The third-order valence-electron chi connectivity index (χ3n) is 3.60. The fourth-order valence-electron chi connectivity index (χ4n) is 2.36. The average molecular weight is 278 g/mol. The van der Waals surface area contributed by atoms with Crippen molar-refractivity contribution >= 4 is 11.8 Å². The Balaban J connectivity index is 2.04. The highest BCUT2D eigenvalue weighted by Crippen LogP contribution is 2.14. The summed E-state index contributed by atoms with van der Waals surface area (Å²) in [6.07, 6.45) is 2.02. The Morgan fingerprint density at radius 1 is 1.30 bits per heavy atom. The highest BCUT2D eigenvalue weighted by molar-refractivity contribution is 5.96. The lowest BCUT2D eigenvalue weighted by atomic mass is 10.1. The van der Waals surface area contributed by atoms with Gasteiger partial charge in [0.05, 0.1) is 12.1 Å². The van der Waals surface area contributed by atoms with Crippen LogP contribution in [0.15, 0.2) is 18.2 Å². The number of hydrogen-bond acceptors (Lipinski definition) is 2. The first-order valence-corrected chi connectivity index (χ1v) is 6.79. The van der Waals surface area contributed by atoms with E-state index in [0.29, 0.717) is 5.56 Å². The summed E-state index contributed by atoms with van der Waals surface area (Å²) in [7, 11) is 1.53. The van der Waals surface area contributed by atoms with Gasteiger partial charge in [0.2, 0.25) is 5.91 Å². The Morgan fingerprint density at radius 2 is 1.95 bits per heavy atom. The summed E-state index contributed by atoms with van der Waals surface area (Å²) in [5.74, 6) is -1.05. The minimum Gasteiger partial charge on any atom is -0.341 e. The topological polar surface area (TPSA) is 40.6 Å². The first kappa shape index (κ1) is 14.5. The number of aryl methyl sites for hydroxylation is 1. The molecule has 1 fully saturated rings. The van der Waals surface area contributed by atoms with Crippen molar-refractivity contribution in [3.8, 4) is 0 Å². The van der Waals surface area contributed by atoms with E-state index in [9.17, 15) is 14.0 Å². The van der Waals surface area contributed by atoms with Crippen LogP contribution in [-0.4, -0.2) is 48.3 Å². The normalized spacial score (nSPS) is 14.4. The van der Waals surface area contributed by atoms with Crippen molar-refractivity contribution in [1.29, 1.82) is 0 Å². The molecule has 0 atom stereocenters. The summed E-state index contributed by atoms with van der Waals surface area (Å²) in [5, 5.41) is 0. The molecule has 1 saturated heterocycles. The molecule has 5 heteroatoms. The zero-order valence-electron chi connectivity index (χ0n) is 11.9. The standard InChI is InChI=1S/C15H19FN2O2/c1-11-6-5-7-12(14(11)16)15(20)17(2)10-13(19)18-8-3-4-9-18/h5-7H,3-4,8-10H2,1-2H3. The van der Waals surface area contributed by atoms with Gasteiger partial charge in [-0.1, -0.05) is 12.1 Å². The molecule has 1 aliphatic rings. The van der Waals surface area contributed by atoms with Gasteiger partial charge in [-0.25, -0.2) is 4.39 Å². The van der Waals surface area contributed by atoms with Crippen LogP contribution >= 0.6 is 0 Å². The molecule has 0 N–H and O–H groups in total. The van der Waals surface area contributed by atoms with Gasteiger partial charge in [0.1, 0.15) is 5.82 Å². The predicted octanol–water partition coefficient (Wildman–Crippen LogP) is 1.83. The van der Waals surface area contributed by atoms with Crippen molar-refractivity contribution in [1.82, 2.24) is 9.80 Å². The van der Waals surface area contributed by atoms with E-state index in [1.165, 1.54) is 18.0 Å². The predicted molar refractivity (Wildman–Crippen MR) is 73.9 cm³/mol. The molecule has 0 bridgehead atoms. The number of likely N-dealkylation sites (tertiary alicyclic amines) is 1. The highest BCUT2D eigenvalue weighted by atomic mass is 19.1. The first-order valence-electron chi connectivity index (χ1n) is 6.79. The van der Waals surface area contributed by atoms with E-state index in [-0.39, 0.29) is 18.0 Å². The van der Waals surface area contributed by atoms with Gasteiger partial charge in [-0.2, -0.15) is 0 Å². The molecule has 108 valence electrons. The van der Waals surface area contributed by atoms with Gasteiger partial charge in [0, 0.05) is 20.1 Å². The molecule has 1 aliphatic heterocycles. The Labute approximate surface area is 118 Å². The molecular weight excluding hydrogens is 259 g/mol. The number of carbonyl (C=O) groups is 2. The van der Waals surface area contributed by atoms with Crippen molar-refractivity contribution in [3.05, 3.63) is 35.1 Å². The van der Waals surface area contributed by atoms with Crippen molar-refractivity contribution in [2.45, 2.75) is 19.8 Å². The van der Waals surface area contributed by atoms with E-state index in [2.05, 4.69) is 0 Å². The lowest BCUT2D eigenvalue weighted by Gasteiger charge is -2.21. The quantitative estimate of drug-likeness (QED) is 0.846. The number of rotatable bonds is 3. The fourth-order valence-corrected chi connectivity index (χ4v) is 2.36. The van der Waals surface area contributed by atoms with Crippen LogP contribution in [0.25, 0.3) is 0 Å². The molecule has 1 aromatic carbocycles. The molecule has 0 unspecified atom stereocenters. The van der Waals surface area contributed by atoms with E-state index in [1.54, 1.807) is 24.0 Å². The Kier molecular flexibility index (Phi) is 4.37. The molecule has 1 heterocycles. The molecule has 4 nitrogen and oxygen atoms in total. The molecule has 20 heavy (non-hydrogen) atoms. The van der Waals surface area contributed by atoms with Crippen LogP contribution in [0.5, 0.6) is 0 Å². The minimum absolute atomic E-state index is 0.00772. The van der Waals surface area contributed by atoms with Gasteiger partial charge in [-0.15, -0.1) is 0 Å². The summed E-state index contributed by atoms with van der Waals surface area (Å²) in [5.41, 5.74) is 0.442. The number of amides is 2. The number of benzene rings is 1. The smallest absolute Gasteiger partial charge is 0.257 e. The van der Waals surface area contributed by atoms with Crippen molar-refractivity contribution in [3.63, 3.8) is 0 Å². The maximum atomic E-state index is 13.9. The van der Waals surface area contributed by atoms with Crippen LogP contribution < -0.4 is 0 Å². The van der Waals surface area contributed by atoms with Crippen LogP contribution in [0.1, 0.15) is 28.8 Å². The highest BCUT2D eigenvalue weighted by Gasteiger charge is 2.23. The van der Waals surface area contributed by atoms with Gasteiger partial charge in [0.25, 0.3) is 5.91 Å². The molecule has 0 saturated carbocycles. The Bertz CT molecular complexity index is 525. The van der Waals surface area contributed by atoms with Crippen LogP contribution in [0.2, 0.25) is 0 Å². The third-order valence-corrected chi connectivity index (χ3v) is 3.60. The maximum absolute atomic E-state index is 13.9. The van der Waals surface area contributed by atoms with E-state index >= 15 is 0 Å². The second-order valence-electron chi connectivity index (χ2n) is 5.19. The zero-order chi connectivity index (χ0) is 14.7. The monoisotopic (exact) mass is 278 g/mol. The lowest BCUT2D eigenvalue weighted by Crippen LogP contribution is -2.40. The molecule has 0 aliphatic carbocycles. The van der Waals surface area contributed by atoms with Crippen molar-refractivity contribution in [2.75, 3.05) is 26.7 Å². The average Bonchev–Trinajstić information content (AvgIpc) is 2.95. The Hall–Kier alpha value is -1.91. The molecule has 0 spiro atoms. The maximum Gasteiger partial charge on any atom is 0.257 e. The first-order chi connectivity index (χ1) is 9.50. The molecule has 2 rings (SSSR count). The number of hydrogen-bond donors (Lipinski definition) is 0. The molecular formula is C15H19FN2O2. The Morgan fingerprint density at radius 3 is 2.60 bits per heavy atom. The SMILES string of the molecule is Cc1cccc(C(=O)N(C)CC(=O)N2CCCC2)c1F. The molecule has 0 radical (unpaired) electrons. The third kappa shape index (κ3) is 2.98. The zero-order valence-corrected chi connectivity index (χ0v) is 11.9. The molecule has 1 aromatic rings. The van der Waals surface area contributed by atoms with Gasteiger partial charge >= 0.3 is 0 Å².